The molecule has 0 aliphatic carbocycles. The minimum absolute atomic E-state index is 0.0183. The summed E-state index contributed by atoms with van der Waals surface area (Å²) in [5.41, 5.74) is 1.67. The molecule has 1 aromatic carbocycles. The maximum atomic E-state index is 12.5. The Morgan fingerprint density at radius 3 is 2.41 bits per heavy atom. The highest BCUT2D eigenvalue weighted by molar-refractivity contribution is 7.89. The number of aryl methyl sites for hydroxylation is 1. The Hall–Kier alpha value is -1.40. The third kappa shape index (κ3) is 2.65. The van der Waals surface area contributed by atoms with E-state index in [9.17, 15) is 13.2 Å². The van der Waals surface area contributed by atoms with E-state index in [1.54, 1.807) is 24.1 Å². The van der Waals surface area contributed by atoms with Gasteiger partial charge in [0.15, 0.2) is 0 Å². The minimum atomic E-state index is -3.56. The standard InChI is InChI=1S/C16H24N2O3S/c1-10(2)9-17-22(20,21)12-7-11(3)14-13(8-12)16(4,5)15(19)18(14)6/h7-8,10,17H,9H2,1-6H3. The monoisotopic (exact) mass is 324 g/mol. The van der Waals surface area contributed by atoms with Crippen molar-refractivity contribution in [3.8, 4) is 0 Å². The largest absolute Gasteiger partial charge is 0.314 e. The lowest BCUT2D eigenvalue weighted by molar-refractivity contribution is -0.121. The van der Waals surface area contributed by atoms with Crippen molar-refractivity contribution in [1.29, 1.82) is 0 Å². The third-order valence-electron chi connectivity index (χ3n) is 4.11. The molecule has 1 heterocycles. The van der Waals surface area contributed by atoms with Gasteiger partial charge in [0, 0.05) is 13.6 Å². The molecule has 0 atom stereocenters. The van der Waals surface area contributed by atoms with Crippen LogP contribution in [0.3, 0.4) is 0 Å². The summed E-state index contributed by atoms with van der Waals surface area (Å²) in [7, 11) is -1.83. The zero-order valence-electron chi connectivity index (χ0n) is 14.0. The molecule has 0 radical (unpaired) electrons. The summed E-state index contributed by atoms with van der Waals surface area (Å²) < 4.78 is 27.5. The highest BCUT2D eigenvalue weighted by atomic mass is 32.2. The summed E-state index contributed by atoms with van der Waals surface area (Å²) in [4.78, 5) is 14.2. The maximum absolute atomic E-state index is 12.5. The van der Waals surface area contributed by atoms with E-state index < -0.39 is 15.4 Å². The molecule has 1 amide bonds. The van der Waals surface area contributed by atoms with Gasteiger partial charge in [0.25, 0.3) is 0 Å². The average Bonchev–Trinajstić information content (AvgIpc) is 2.58. The first-order valence-electron chi connectivity index (χ1n) is 7.41. The Morgan fingerprint density at radius 1 is 1.27 bits per heavy atom. The molecule has 1 aliphatic rings. The summed E-state index contributed by atoms with van der Waals surface area (Å²) in [6, 6.07) is 3.26. The van der Waals surface area contributed by atoms with E-state index in [0.717, 1.165) is 16.8 Å². The number of carbonyl (C=O) groups is 1. The Labute approximate surface area is 132 Å². The predicted molar refractivity (Wildman–Crippen MR) is 87.6 cm³/mol. The third-order valence-corrected chi connectivity index (χ3v) is 5.52. The van der Waals surface area contributed by atoms with Crippen LogP contribution in [-0.4, -0.2) is 27.9 Å². The lowest BCUT2D eigenvalue weighted by Crippen LogP contribution is -2.33. The van der Waals surface area contributed by atoms with Gasteiger partial charge in [-0.3, -0.25) is 4.79 Å². The van der Waals surface area contributed by atoms with Crippen molar-refractivity contribution in [3.05, 3.63) is 23.3 Å². The Balaban J connectivity index is 2.54. The van der Waals surface area contributed by atoms with Gasteiger partial charge in [-0.2, -0.15) is 0 Å². The topological polar surface area (TPSA) is 66.5 Å². The fraction of sp³-hybridized carbons (Fsp3) is 0.562. The van der Waals surface area contributed by atoms with E-state index in [1.807, 2.05) is 34.6 Å². The number of carbonyl (C=O) groups excluding carboxylic acids is 1. The zero-order valence-corrected chi connectivity index (χ0v) is 14.8. The maximum Gasteiger partial charge on any atom is 0.240 e. The number of anilines is 1. The number of amides is 1. The van der Waals surface area contributed by atoms with Gasteiger partial charge in [0.2, 0.25) is 15.9 Å². The first-order valence-corrected chi connectivity index (χ1v) is 8.89. The molecule has 1 aliphatic heterocycles. The molecule has 6 heteroatoms. The van der Waals surface area contributed by atoms with Crippen molar-refractivity contribution < 1.29 is 13.2 Å². The first-order chi connectivity index (χ1) is 9.98. The summed E-state index contributed by atoms with van der Waals surface area (Å²) in [5, 5.41) is 0. The SMILES string of the molecule is Cc1cc(S(=O)(=O)NCC(C)C)cc2c1N(C)C(=O)C2(C)C. The van der Waals surface area contributed by atoms with Crippen LogP contribution >= 0.6 is 0 Å². The van der Waals surface area contributed by atoms with Crippen LogP contribution in [0.1, 0.15) is 38.8 Å². The lowest BCUT2D eigenvalue weighted by Gasteiger charge is -2.17. The van der Waals surface area contributed by atoms with E-state index in [4.69, 9.17) is 0 Å². The number of likely N-dealkylation sites (N-methyl/N-ethyl adjacent to an activating group) is 1. The van der Waals surface area contributed by atoms with E-state index in [-0.39, 0.29) is 16.7 Å². The van der Waals surface area contributed by atoms with Crippen molar-refractivity contribution in [3.63, 3.8) is 0 Å². The van der Waals surface area contributed by atoms with E-state index in [2.05, 4.69) is 4.72 Å². The van der Waals surface area contributed by atoms with Gasteiger partial charge in [-0.25, -0.2) is 13.1 Å². The molecule has 0 saturated carbocycles. The number of nitrogens with zero attached hydrogens (tertiary/aromatic N) is 1. The molecule has 0 bridgehead atoms. The molecule has 0 fully saturated rings. The molecule has 122 valence electrons. The van der Waals surface area contributed by atoms with E-state index >= 15 is 0 Å². The van der Waals surface area contributed by atoms with Crippen LogP contribution in [0.25, 0.3) is 0 Å². The van der Waals surface area contributed by atoms with Crippen molar-refractivity contribution in [2.45, 2.75) is 44.9 Å². The van der Waals surface area contributed by atoms with Crippen LogP contribution in [0, 0.1) is 12.8 Å². The molecular weight excluding hydrogens is 300 g/mol. The van der Waals surface area contributed by atoms with E-state index in [0.29, 0.717) is 6.54 Å². The summed E-state index contributed by atoms with van der Waals surface area (Å²) >= 11 is 0. The number of hydrogen-bond acceptors (Lipinski definition) is 3. The molecule has 22 heavy (non-hydrogen) atoms. The van der Waals surface area contributed by atoms with Crippen molar-refractivity contribution in [2.24, 2.45) is 5.92 Å². The fourth-order valence-corrected chi connectivity index (χ4v) is 4.14. The number of sulfonamides is 1. The minimum Gasteiger partial charge on any atom is -0.314 e. The smallest absolute Gasteiger partial charge is 0.240 e. The van der Waals surface area contributed by atoms with Crippen molar-refractivity contribution >= 4 is 21.6 Å². The van der Waals surface area contributed by atoms with Gasteiger partial charge in [-0.1, -0.05) is 13.8 Å². The quantitative estimate of drug-likeness (QED) is 0.923. The van der Waals surface area contributed by atoms with Crippen LogP contribution < -0.4 is 9.62 Å². The zero-order chi connectivity index (χ0) is 16.9. The van der Waals surface area contributed by atoms with Gasteiger partial charge in [-0.05, 0) is 49.9 Å². The molecule has 2 rings (SSSR count). The van der Waals surface area contributed by atoms with Gasteiger partial charge < -0.3 is 4.90 Å². The Morgan fingerprint density at radius 2 is 1.86 bits per heavy atom. The van der Waals surface area contributed by atoms with Crippen LogP contribution in [0.15, 0.2) is 17.0 Å². The summed E-state index contributed by atoms with van der Waals surface area (Å²) in [5.74, 6) is 0.213. The number of benzene rings is 1. The molecular formula is C16H24N2O3S. The van der Waals surface area contributed by atoms with Crippen molar-refractivity contribution in [2.75, 3.05) is 18.5 Å². The Bertz CT molecular complexity index is 721. The van der Waals surface area contributed by atoms with Gasteiger partial charge in [0.1, 0.15) is 0 Å². The highest BCUT2D eigenvalue weighted by Crippen LogP contribution is 2.43. The number of nitrogens with one attached hydrogen (secondary N) is 1. The predicted octanol–water partition coefficient (Wildman–Crippen LogP) is 2.18. The Kier molecular flexibility index (Phi) is 4.13. The fourth-order valence-electron chi connectivity index (χ4n) is 2.82. The number of fused-ring (bicyclic) bond motifs is 1. The summed E-state index contributed by atoms with van der Waals surface area (Å²) in [6.45, 7) is 9.79. The molecule has 0 aromatic heterocycles. The van der Waals surface area contributed by atoms with Gasteiger partial charge in [0.05, 0.1) is 16.0 Å². The van der Waals surface area contributed by atoms with Gasteiger partial charge in [-0.15, -0.1) is 0 Å². The normalized spacial score (nSPS) is 17.2. The number of hydrogen-bond donors (Lipinski definition) is 1. The summed E-state index contributed by atoms with van der Waals surface area (Å²) in [6.07, 6.45) is 0. The van der Waals surface area contributed by atoms with Crippen molar-refractivity contribution in [1.82, 2.24) is 4.72 Å². The molecule has 0 unspecified atom stereocenters. The number of rotatable bonds is 4. The second kappa shape index (κ2) is 5.35. The first kappa shape index (κ1) is 17.0. The van der Waals surface area contributed by atoms with E-state index in [1.165, 1.54) is 0 Å². The molecule has 1 aromatic rings. The molecule has 1 N–H and O–H groups in total. The second-order valence-corrected chi connectivity index (χ2v) is 8.64. The van der Waals surface area contributed by atoms with Crippen LogP contribution in [-0.2, 0) is 20.2 Å². The average molecular weight is 324 g/mol. The van der Waals surface area contributed by atoms with Gasteiger partial charge >= 0.3 is 0 Å². The highest BCUT2D eigenvalue weighted by Gasteiger charge is 2.43. The molecule has 0 saturated heterocycles. The molecule has 0 spiro atoms. The van der Waals surface area contributed by atoms with Crippen LogP contribution in [0.5, 0.6) is 0 Å². The van der Waals surface area contributed by atoms with Crippen LogP contribution in [0.2, 0.25) is 0 Å². The van der Waals surface area contributed by atoms with Crippen LogP contribution in [0.4, 0.5) is 5.69 Å². The molecule has 5 nitrogen and oxygen atoms in total. The second-order valence-electron chi connectivity index (χ2n) is 6.87. The lowest BCUT2D eigenvalue weighted by atomic mass is 9.85.